The van der Waals surface area contributed by atoms with Gasteiger partial charge < -0.3 is 15.5 Å². The highest BCUT2D eigenvalue weighted by atomic mass is 19.4. The van der Waals surface area contributed by atoms with Crippen molar-refractivity contribution in [1.82, 2.24) is 5.32 Å². The molecule has 0 bridgehead atoms. The van der Waals surface area contributed by atoms with Crippen LogP contribution in [0.4, 0.5) is 17.6 Å². The maximum absolute atomic E-state index is 13.2. The van der Waals surface area contributed by atoms with Gasteiger partial charge in [0.15, 0.2) is 11.5 Å². The third kappa shape index (κ3) is 3.51. The Morgan fingerprint density at radius 3 is 2.33 bits per heavy atom. The lowest BCUT2D eigenvalue weighted by atomic mass is 10.1. The van der Waals surface area contributed by atoms with Gasteiger partial charge in [0.2, 0.25) is 0 Å². The Labute approximate surface area is 98.9 Å². The molecule has 18 heavy (non-hydrogen) atoms. The minimum atomic E-state index is -4.99. The number of phenolic OH excluding ortho intramolecular Hbond substituents is 2. The molecule has 0 spiro atoms. The molecule has 0 unspecified atom stereocenters. The first-order valence-electron chi connectivity index (χ1n) is 4.77. The Hall–Kier alpha value is -1.99. The Morgan fingerprint density at radius 1 is 1.22 bits per heavy atom. The molecule has 4 nitrogen and oxygen atoms in total. The maximum Gasteiger partial charge on any atom is 0.471 e. The van der Waals surface area contributed by atoms with Crippen molar-refractivity contribution >= 4 is 5.91 Å². The number of carbonyl (C=O) groups excluding carboxylic acids is 1. The number of alkyl halides is 3. The van der Waals surface area contributed by atoms with Crippen molar-refractivity contribution < 1.29 is 32.6 Å². The average Bonchev–Trinajstić information content (AvgIpc) is 2.23. The van der Waals surface area contributed by atoms with Gasteiger partial charge in [0.05, 0.1) is 0 Å². The zero-order valence-corrected chi connectivity index (χ0v) is 8.88. The van der Waals surface area contributed by atoms with Crippen LogP contribution in [0.2, 0.25) is 0 Å². The summed E-state index contributed by atoms with van der Waals surface area (Å²) < 4.78 is 48.6. The number of phenols is 2. The summed E-state index contributed by atoms with van der Waals surface area (Å²) in [5.41, 5.74) is -0.118. The lowest BCUT2D eigenvalue weighted by molar-refractivity contribution is -0.173. The third-order valence-electron chi connectivity index (χ3n) is 2.08. The van der Waals surface area contributed by atoms with Gasteiger partial charge in [0.1, 0.15) is 5.82 Å². The van der Waals surface area contributed by atoms with Crippen LogP contribution in [0, 0.1) is 5.82 Å². The number of hydrogen-bond donors (Lipinski definition) is 3. The van der Waals surface area contributed by atoms with E-state index in [0.29, 0.717) is 6.07 Å². The van der Waals surface area contributed by atoms with Gasteiger partial charge in [0, 0.05) is 12.6 Å². The fourth-order valence-corrected chi connectivity index (χ4v) is 1.20. The topological polar surface area (TPSA) is 69.6 Å². The number of halogens is 4. The van der Waals surface area contributed by atoms with E-state index in [1.54, 1.807) is 5.32 Å². The number of benzene rings is 1. The van der Waals surface area contributed by atoms with E-state index in [2.05, 4.69) is 0 Å². The molecular formula is C10H9F4NO3. The molecule has 0 heterocycles. The fraction of sp³-hybridized carbons (Fsp3) is 0.300. The molecular weight excluding hydrogens is 258 g/mol. The molecule has 0 radical (unpaired) electrons. The Kier molecular flexibility index (Phi) is 4.00. The van der Waals surface area contributed by atoms with Crippen LogP contribution >= 0.6 is 0 Å². The van der Waals surface area contributed by atoms with Crippen LogP contribution in [0.3, 0.4) is 0 Å². The molecule has 3 N–H and O–H groups in total. The number of hydrogen-bond acceptors (Lipinski definition) is 3. The lowest BCUT2D eigenvalue weighted by Gasteiger charge is -2.09. The molecule has 1 amide bonds. The van der Waals surface area contributed by atoms with Crippen molar-refractivity contribution in [1.29, 1.82) is 0 Å². The first-order chi connectivity index (χ1) is 8.21. The van der Waals surface area contributed by atoms with Crippen LogP contribution in [0.25, 0.3) is 0 Å². The number of amides is 1. The Bertz CT molecular complexity index is 459. The Morgan fingerprint density at radius 2 is 1.78 bits per heavy atom. The van der Waals surface area contributed by atoms with Gasteiger partial charge >= 0.3 is 12.1 Å². The summed E-state index contributed by atoms with van der Waals surface area (Å²) in [6, 6.07) is 1.51. The number of nitrogens with one attached hydrogen (secondary N) is 1. The average molecular weight is 267 g/mol. The van der Waals surface area contributed by atoms with E-state index in [9.17, 15) is 22.4 Å². The van der Waals surface area contributed by atoms with E-state index < -0.39 is 35.9 Å². The molecule has 0 fully saturated rings. The summed E-state index contributed by atoms with van der Waals surface area (Å²) in [5.74, 6) is -4.26. The van der Waals surface area contributed by atoms with Crippen LogP contribution in [0.15, 0.2) is 12.1 Å². The standard InChI is InChI=1S/C10H9F4NO3/c11-6-4-8(17)7(16)3-5(6)1-2-15-9(18)10(12,13)14/h3-4,16-17H,1-2H2,(H,15,18). The second kappa shape index (κ2) is 5.11. The summed E-state index contributed by atoms with van der Waals surface area (Å²) in [4.78, 5) is 10.4. The molecule has 0 aliphatic heterocycles. The molecule has 0 atom stereocenters. The summed E-state index contributed by atoms with van der Waals surface area (Å²) in [7, 11) is 0. The highest BCUT2D eigenvalue weighted by Gasteiger charge is 2.38. The Balaban J connectivity index is 2.60. The molecule has 0 aliphatic rings. The summed E-state index contributed by atoms with van der Waals surface area (Å²) in [5, 5.41) is 19.6. The maximum atomic E-state index is 13.2. The van der Waals surface area contributed by atoms with Gasteiger partial charge in [-0.25, -0.2) is 4.39 Å². The van der Waals surface area contributed by atoms with Gasteiger partial charge in [-0.2, -0.15) is 13.2 Å². The molecule has 1 aromatic carbocycles. The summed E-state index contributed by atoms with van der Waals surface area (Å²) in [6.45, 7) is -0.445. The van der Waals surface area contributed by atoms with Crippen LogP contribution < -0.4 is 5.32 Å². The van der Waals surface area contributed by atoms with Gasteiger partial charge in [0.25, 0.3) is 0 Å². The van der Waals surface area contributed by atoms with E-state index in [1.807, 2.05) is 0 Å². The highest BCUT2D eigenvalue weighted by Crippen LogP contribution is 2.27. The van der Waals surface area contributed by atoms with Crippen molar-refractivity contribution in [3.05, 3.63) is 23.5 Å². The predicted molar refractivity (Wildman–Crippen MR) is 52.5 cm³/mol. The number of rotatable bonds is 3. The molecule has 0 aliphatic carbocycles. The van der Waals surface area contributed by atoms with Crippen molar-refractivity contribution in [2.24, 2.45) is 0 Å². The SMILES string of the molecule is O=C(NCCc1cc(O)c(O)cc1F)C(F)(F)F. The summed E-state index contributed by atoms with van der Waals surface area (Å²) >= 11 is 0. The molecule has 1 aromatic rings. The number of aromatic hydroxyl groups is 2. The molecule has 0 saturated carbocycles. The lowest BCUT2D eigenvalue weighted by Crippen LogP contribution is -2.37. The van der Waals surface area contributed by atoms with Crippen LogP contribution in [0.5, 0.6) is 11.5 Å². The van der Waals surface area contributed by atoms with E-state index in [0.717, 1.165) is 6.07 Å². The molecule has 8 heteroatoms. The molecule has 0 aromatic heterocycles. The zero-order chi connectivity index (χ0) is 13.9. The van der Waals surface area contributed by atoms with Crippen molar-refractivity contribution in [2.45, 2.75) is 12.6 Å². The van der Waals surface area contributed by atoms with Crippen LogP contribution in [0.1, 0.15) is 5.56 Å². The first-order valence-corrected chi connectivity index (χ1v) is 4.77. The second-order valence-corrected chi connectivity index (χ2v) is 3.44. The van der Waals surface area contributed by atoms with Crippen molar-refractivity contribution in [2.75, 3.05) is 6.54 Å². The molecule has 0 saturated heterocycles. The van der Waals surface area contributed by atoms with Crippen molar-refractivity contribution in [3.63, 3.8) is 0 Å². The zero-order valence-electron chi connectivity index (χ0n) is 8.88. The molecule has 100 valence electrons. The number of carbonyl (C=O) groups is 1. The summed E-state index contributed by atoms with van der Waals surface area (Å²) in [6.07, 6.45) is -5.24. The normalized spacial score (nSPS) is 11.3. The molecule has 1 rings (SSSR count). The van der Waals surface area contributed by atoms with E-state index in [1.165, 1.54) is 0 Å². The van der Waals surface area contributed by atoms with E-state index in [4.69, 9.17) is 10.2 Å². The van der Waals surface area contributed by atoms with E-state index in [-0.39, 0.29) is 12.0 Å². The minimum Gasteiger partial charge on any atom is -0.504 e. The smallest absolute Gasteiger partial charge is 0.471 e. The van der Waals surface area contributed by atoms with Gasteiger partial charge in [-0.3, -0.25) is 4.79 Å². The first kappa shape index (κ1) is 14.1. The predicted octanol–water partition coefficient (Wildman–Crippen LogP) is 1.46. The van der Waals surface area contributed by atoms with Crippen LogP contribution in [-0.4, -0.2) is 28.8 Å². The largest absolute Gasteiger partial charge is 0.504 e. The highest BCUT2D eigenvalue weighted by molar-refractivity contribution is 5.81. The fourth-order valence-electron chi connectivity index (χ4n) is 1.20. The minimum absolute atomic E-state index is 0.118. The van der Waals surface area contributed by atoms with Crippen LogP contribution in [-0.2, 0) is 11.2 Å². The van der Waals surface area contributed by atoms with Gasteiger partial charge in [-0.15, -0.1) is 0 Å². The quantitative estimate of drug-likeness (QED) is 0.573. The third-order valence-corrected chi connectivity index (χ3v) is 2.08. The second-order valence-electron chi connectivity index (χ2n) is 3.44. The van der Waals surface area contributed by atoms with E-state index >= 15 is 0 Å². The van der Waals surface area contributed by atoms with Crippen molar-refractivity contribution in [3.8, 4) is 11.5 Å². The van der Waals surface area contributed by atoms with Gasteiger partial charge in [-0.1, -0.05) is 0 Å². The van der Waals surface area contributed by atoms with Gasteiger partial charge in [-0.05, 0) is 18.1 Å². The monoisotopic (exact) mass is 267 g/mol.